The van der Waals surface area contributed by atoms with Crippen LogP contribution in [0.3, 0.4) is 0 Å². The molecule has 6 nitrogen and oxygen atoms in total. The van der Waals surface area contributed by atoms with Crippen LogP contribution >= 0.6 is 0 Å². The Morgan fingerprint density at radius 1 is 1.04 bits per heavy atom. The second-order valence-corrected chi connectivity index (χ2v) is 6.98. The number of allylic oxidation sites excluding steroid dienone is 1. The lowest BCUT2D eigenvalue weighted by atomic mass is 10.1. The van der Waals surface area contributed by atoms with Gasteiger partial charge in [-0.05, 0) is 48.9 Å². The maximum Gasteiger partial charge on any atom is 0.168 e. The van der Waals surface area contributed by atoms with E-state index in [9.17, 15) is 9.35 Å². The van der Waals surface area contributed by atoms with Gasteiger partial charge in [-0.3, -0.25) is 4.79 Å². The maximum atomic E-state index is 12.8. The lowest BCUT2D eigenvalue weighted by Gasteiger charge is -2.12. The molecule has 0 aliphatic rings. The summed E-state index contributed by atoms with van der Waals surface area (Å²) in [5, 5.41) is 1.50. The normalized spacial score (nSPS) is 12.8. The summed E-state index contributed by atoms with van der Waals surface area (Å²) in [4.78, 5) is 12.0. The van der Waals surface area contributed by atoms with Gasteiger partial charge in [-0.2, -0.15) is 0 Å². The number of hydrogen-bond acceptors (Lipinski definition) is 6. The molecule has 2 rings (SSSR count). The number of ether oxygens (including phenoxy) is 2. The van der Waals surface area contributed by atoms with E-state index in [4.69, 9.17) is 20.9 Å². The second kappa shape index (κ2) is 9.16. The molecular formula is C20H22N2O4S. The van der Waals surface area contributed by atoms with Crippen LogP contribution in [-0.2, 0) is 16.0 Å². The topological polar surface area (TPSA) is 111 Å². The lowest BCUT2D eigenvalue weighted by Crippen LogP contribution is -2.03. The van der Waals surface area contributed by atoms with Crippen molar-refractivity contribution in [3.8, 4) is 11.5 Å². The number of benzene rings is 2. The third-order valence-electron chi connectivity index (χ3n) is 3.70. The van der Waals surface area contributed by atoms with Crippen molar-refractivity contribution in [2.45, 2.75) is 6.92 Å². The van der Waals surface area contributed by atoms with Gasteiger partial charge in [0.05, 0.1) is 25.6 Å². The van der Waals surface area contributed by atoms with E-state index in [1.165, 1.54) is 32.6 Å². The van der Waals surface area contributed by atoms with Crippen molar-refractivity contribution in [1.82, 2.24) is 0 Å². The van der Waals surface area contributed by atoms with Gasteiger partial charge in [0.1, 0.15) is 16.9 Å². The fraction of sp³-hybridized carbons (Fsp3) is 0.150. The minimum Gasteiger partial charge on any atom is -0.607 e. The summed E-state index contributed by atoms with van der Waals surface area (Å²) in [6.07, 6.45) is 3.01. The number of hydrogen-bond donors (Lipinski definition) is 2. The fourth-order valence-electron chi connectivity index (χ4n) is 2.40. The van der Waals surface area contributed by atoms with Gasteiger partial charge >= 0.3 is 0 Å². The molecule has 1 atom stereocenters. The van der Waals surface area contributed by atoms with E-state index in [1.54, 1.807) is 42.5 Å². The molecule has 0 fully saturated rings. The Balaban J connectivity index is 2.33. The SMILES string of the molecule is COc1ccc(C=C[S+]([O-])/C(=C/C(C)=O)c2ccc(OC)c(N)c2)cc1N. The summed E-state index contributed by atoms with van der Waals surface area (Å²) in [6.45, 7) is 1.40. The predicted octanol–water partition coefficient (Wildman–Crippen LogP) is 3.22. The molecule has 2 aromatic rings. The zero-order valence-corrected chi connectivity index (χ0v) is 16.2. The molecule has 2 aromatic carbocycles. The third-order valence-corrected chi connectivity index (χ3v) is 4.87. The fourth-order valence-corrected chi connectivity index (χ4v) is 3.47. The first-order valence-corrected chi connectivity index (χ1v) is 9.25. The molecule has 0 aromatic heterocycles. The van der Waals surface area contributed by atoms with Crippen LogP contribution in [0.4, 0.5) is 11.4 Å². The third kappa shape index (κ3) is 5.29. The van der Waals surface area contributed by atoms with Gasteiger partial charge in [0.2, 0.25) is 0 Å². The van der Waals surface area contributed by atoms with Gasteiger partial charge < -0.3 is 25.5 Å². The Kier molecular flexibility index (Phi) is 6.92. The van der Waals surface area contributed by atoms with Crippen molar-refractivity contribution < 1.29 is 18.8 Å². The van der Waals surface area contributed by atoms with E-state index in [0.29, 0.717) is 33.3 Å². The smallest absolute Gasteiger partial charge is 0.168 e. The van der Waals surface area contributed by atoms with E-state index < -0.39 is 11.2 Å². The van der Waals surface area contributed by atoms with Crippen LogP contribution in [0.2, 0.25) is 0 Å². The van der Waals surface area contributed by atoms with Gasteiger partial charge in [-0.25, -0.2) is 0 Å². The van der Waals surface area contributed by atoms with Crippen molar-refractivity contribution in [3.63, 3.8) is 0 Å². The minimum absolute atomic E-state index is 0.213. The molecule has 0 heterocycles. The lowest BCUT2D eigenvalue weighted by molar-refractivity contribution is -0.112. The van der Waals surface area contributed by atoms with Crippen LogP contribution < -0.4 is 20.9 Å². The zero-order valence-electron chi connectivity index (χ0n) is 15.4. The highest BCUT2D eigenvalue weighted by atomic mass is 32.2. The number of rotatable bonds is 7. The molecule has 27 heavy (non-hydrogen) atoms. The van der Waals surface area contributed by atoms with Gasteiger partial charge in [0, 0.05) is 22.8 Å². The Morgan fingerprint density at radius 3 is 2.15 bits per heavy atom. The molecule has 0 aliphatic carbocycles. The first-order chi connectivity index (χ1) is 12.8. The highest BCUT2D eigenvalue weighted by molar-refractivity contribution is 8.03. The summed E-state index contributed by atoms with van der Waals surface area (Å²) >= 11 is -1.57. The average molecular weight is 386 g/mol. The summed E-state index contributed by atoms with van der Waals surface area (Å²) in [5.41, 5.74) is 14.0. The number of carbonyl (C=O) groups is 1. The van der Waals surface area contributed by atoms with Crippen molar-refractivity contribution >= 4 is 39.3 Å². The van der Waals surface area contributed by atoms with E-state index in [-0.39, 0.29) is 5.78 Å². The molecule has 0 radical (unpaired) electrons. The van der Waals surface area contributed by atoms with Crippen molar-refractivity contribution in [1.29, 1.82) is 0 Å². The molecule has 142 valence electrons. The molecule has 7 heteroatoms. The number of anilines is 2. The van der Waals surface area contributed by atoms with E-state index >= 15 is 0 Å². The molecule has 4 N–H and O–H groups in total. The van der Waals surface area contributed by atoms with Crippen LogP contribution in [-0.4, -0.2) is 24.6 Å². The summed E-state index contributed by atoms with van der Waals surface area (Å²) < 4.78 is 23.1. The summed E-state index contributed by atoms with van der Waals surface area (Å²) in [7, 11) is 3.05. The van der Waals surface area contributed by atoms with Crippen LogP contribution in [0.25, 0.3) is 11.0 Å². The van der Waals surface area contributed by atoms with E-state index in [2.05, 4.69) is 0 Å². The van der Waals surface area contributed by atoms with Crippen LogP contribution in [0, 0.1) is 0 Å². The molecule has 0 bridgehead atoms. The molecular weight excluding hydrogens is 364 g/mol. The Hall–Kier alpha value is -2.90. The van der Waals surface area contributed by atoms with E-state index in [1.807, 2.05) is 0 Å². The highest BCUT2D eigenvalue weighted by Crippen LogP contribution is 2.30. The first kappa shape index (κ1) is 20.4. The zero-order chi connectivity index (χ0) is 20.0. The molecule has 1 unspecified atom stereocenters. The number of nitrogen functional groups attached to an aromatic ring is 2. The highest BCUT2D eigenvalue weighted by Gasteiger charge is 2.17. The number of carbonyl (C=O) groups excluding carboxylic acids is 1. The van der Waals surface area contributed by atoms with Gasteiger partial charge in [-0.15, -0.1) is 0 Å². The van der Waals surface area contributed by atoms with Crippen molar-refractivity contribution in [2.24, 2.45) is 0 Å². The number of ketones is 1. The van der Waals surface area contributed by atoms with Crippen LogP contribution in [0.15, 0.2) is 47.9 Å². The van der Waals surface area contributed by atoms with E-state index in [0.717, 1.165) is 5.56 Å². The van der Waals surface area contributed by atoms with Gasteiger partial charge in [-0.1, -0.05) is 6.07 Å². The largest absolute Gasteiger partial charge is 0.607 e. The Labute approximate surface area is 161 Å². The van der Waals surface area contributed by atoms with Crippen LogP contribution in [0.5, 0.6) is 11.5 Å². The van der Waals surface area contributed by atoms with Crippen molar-refractivity contribution in [2.75, 3.05) is 25.7 Å². The summed E-state index contributed by atoms with van der Waals surface area (Å²) in [5.74, 6) is 0.866. The van der Waals surface area contributed by atoms with Gasteiger partial charge in [0.15, 0.2) is 10.7 Å². The Morgan fingerprint density at radius 2 is 1.63 bits per heavy atom. The Bertz CT molecular complexity index is 894. The molecule has 0 saturated carbocycles. The molecule has 0 saturated heterocycles. The van der Waals surface area contributed by atoms with Crippen LogP contribution in [0.1, 0.15) is 18.1 Å². The predicted molar refractivity (Wildman–Crippen MR) is 111 cm³/mol. The summed E-state index contributed by atoms with van der Waals surface area (Å²) in [6, 6.07) is 10.2. The first-order valence-electron chi connectivity index (χ1n) is 8.04. The number of nitrogens with two attached hydrogens (primary N) is 2. The monoisotopic (exact) mass is 386 g/mol. The standard InChI is InChI=1S/C20H22N2O4S/c1-13(23)10-20(15-5-7-19(26-3)17(22)12-15)27(24)9-8-14-4-6-18(25-2)16(21)11-14/h4-12H,21-22H2,1-3H3/b9-8?,20-10+. The second-order valence-electron chi connectivity index (χ2n) is 5.68. The van der Waals surface area contributed by atoms with Gasteiger partial charge in [0.25, 0.3) is 0 Å². The quantitative estimate of drug-likeness (QED) is 0.429. The molecule has 0 aliphatic heterocycles. The molecule has 0 spiro atoms. The van der Waals surface area contributed by atoms with Crippen molar-refractivity contribution in [3.05, 3.63) is 59.0 Å². The molecule has 0 amide bonds. The minimum atomic E-state index is -1.57. The number of methoxy groups -OCH3 is 2. The maximum absolute atomic E-state index is 12.8. The average Bonchev–Trinajstić information content (AvgIpc) is 2.64.